The van der Waals surface area contributed by atoms with Gasteiger partial charge in [-0.05, 0) is 42.8 Å². The fourth-order valence-corrected chi connectivity index (χ4v) is 2.99. The van der Waals surface area contributed by atoms with Crippen LogP contribution in [0.15, 0.2) is 54.7 Å². The Labute approximate surface area is 188 Å². The summed E-state index contributed by atoms with van der Waals surface area (Å²) in [6.07, 6.45) is 2.46. The summed E-state index contributed by atoms with van der Waals surface area (Å²) in [4.78, 5) is 29.1. The van der Waals surface area contributed by atoms with Crippen molar-refractivity contribution in [3.8, 4) is 11.6 Å². The lowest BCUT2D eigenvalue weighted by atomic mass is 9.92. The van der Waals surface area contributed by atoms with Crippen LogP contribution in [-0.4, -0.2) is 40.2 Å². The van der Waals surface area contributed by atoms with Crippen LogP contribution in [0.3, 0.4) is 0 Å². The maximum atomic E-state index is 12.5. The van der Waals surface area contributed by atoms with E-state index in [0.717, 1.165) is 5.69 Å². The highest BCUT2D eigenvalue weighted by atomic mass is 16.5. The van der Waals surface area contributed by atoms with E-state index in [-0.39, 0.29) is 23.7 Å². The van der Waals surface area contributed by atoms with Gasteiger partial charge in [0.2, 0.25) is 5.91 Å². The maximum absolute atomic E-state index is 12.5. The average Bonchev–Trinajstić information content (AvgIpc) is 3.21. The van der Waals surface area contributed by atoms with Gasteiger partial charge in [0.1, 0.15) is 11.6 Å². The van der Waals surface area contributed by atoms with E-state index < -0.39 is 0 Å². The number of nitrogens with zero attached hydrogens (tertiary/aromatic N) is 3. The molecule has 8 heteroatoms. The summed E-state index contributed by atoms with van der Waals surface area (Å²) in [5, 5.41) is 10.4. The van der Waals surface area contributed by atoms with Crippen LogP contribution in [0.1, 0.15) is 49.7 Å². The van der Waals surface area contributed by atoms with Crippen molar-refractivity contribution in [3.63, 3.8) is 0 Å². The molecule has 2 N–H and O–H groups in total. The molecule has 0 aliphatic carbocycles. The molecule has 2 aromatic heterocycles. The third-order valence-electron chi connectivity index (χ3n) is 4.83. The number of carbonyl (C=O) groups is 2. The molecule has 0 saturated heterocycles. The van der Waals surface area contributed by atoms with Crippen LogP contribution in [0.25, 0.3) is 5.82 Å². The highest BCUT2D eigenvalue weighted by Gasteiger charge is 2.21. The first-order chi connectivity index (χ1) is 15.3. The van der Waals surface area contributed by atoms with Crippen LogP contribution in [0, 0.1) is 0 Å². The van der Waals surface area contributed by atoms with Crippen molar-refractivity contribution in [3.05, 3.63) is 66.0 Å². The predicted octanol–water partition coefficient (Wildman–Crippen LogP) is 3.72. The van der Waals surface area contributed by atoms with Crippen molar-refractivity contribution in [1.29, 1.82) is 0 Å². The number of pyridine rings is 1. The third kappa shape index (κ3) is 5.94. The van der Waals surface area contributed by atoms with Gasteiger partial charge in [-0.3, -0.25) is 9.59 Å². The molecule has 0 atom stereocenters. The second-order valence-corrected chi connectivity index (χ2v) is 8.40. The number of ether oxygens (including phenoxy) is 1. The molecule has 0 spiro atoms. The smallest absolute Gasteiger partial charge is 0.251 e. The number of rotatable bonds is 8. The van der Waals surface area contributed by atoms with E-state index >= 15 is 0 Å². The van der Waals surface area contributed by atoms with Gasteiger partial charge in [0.25, 0.3) is 5.91 Å². The fraction of sp³-hybridized carbons (Fsp3) is 0.333. The van der Waals surface area contributed by atoms with Gasteiger partial charge in [-0.1, -0.05) is 26.8 Å². The Morgan fingerprint density at radius 1 is 1.09 bits per heavy atom. The number of hydrogen-bond donors (Lipinski definition) is 2. The van der Waals surface area contributed by atoms with Crippen molar-refractivity contribution in [1.82, 2.24) is 20.1 Å². The van der Waals surface area contributed by atoms with Crippen molar-refractivity contribution >= 4 is 17.6 Å². The Morgan fingerprint density at radius 2 is 1.84 bits per heavy atom. The molecule has 0 aliphatic rings. The minimum atomic E-state index is -0.184. The zero-order valence-corrected chi connectivity index (χ0v) is 18.9. The third-order valence-corrected chi connectivity index (χ3v) is 4.83. The fourth-order valence-electron chi connectivity index (χ4n) is 2.99. The SMILES string of the molecule is COc1ccc(C(=O)NCCCC(=O)Nc2cc(C(C)(C)C)nn2-c2ccccn2)cc1. The minimum absolute atomic E-state index is 0.152. The lowest BCUT2D eigenvalue weighted by Gasteiger charge is -2.13. The Hall–Kier alpha value is -3.68. The van der Waals surface area contributed by atoms with Crippen LogP contribution < -0.4 is 15.4 Å². The van der Waals surface area contributed by atoms with Crippen LogP contribution in [0.4, 0.5) is 5.82 Å². The summed E-state index contributed by atoms with van der Waals surface area (Å²) in [7, 11) is 1.58. The summed E-state index contributed by atoms with van der Waals surface area (Å²) in [5.41, 5.74) is 1.22. The van der Waals surface area contributed by atoms with Gasteiger partial charge in [-0.25, -0.2) is 4.98 Å². The zero-order valence-electron chi connectivity index (χ0n) is 18.9. The first-order valence-electron chi connectivity index (χ1n) is 10.5. The Kier molecular flexibility index (Phi) is 7.25. The molecule has 2 heterocycles. The molecule has 0 bridgehead atoms. The quantitative estimate of drug-likeness (QED) is 0.526. The number of amides is 2. The molecule has 1 aromatic carbocycles. The van der Waals surface area contributed by atoms with E-state index in [1.807, 2.05) is 24.3 Å². The van der Waals surface area contributed by atoms with Gasteiger partial charge in [0.05, 0.1) is 12.8 Å². The van der Waals surface area contributed by atoms with Gasteiger partial charge in [0, 0.05) is 36.2 Å². The van der Waals surface area contributed by atoms with Crippen LogP contribution in [0.5, 0.6) is 5.75 Å². The molecular formula is C24H29N5O3. The zero-order chi connectivity index (χ0) is 23.1. The van der Waals surface area contributed by atoms with Gasteiger partial charge in [0.15, 0.2) is 5.82 Å². The van der Waals surface area contributed by atoms with Crippen molar-refractivity contribution < 1.29 is 14.3 Å². The second-order valence-electron chi connectivity index (χ2n) is 8.40. The number of carbonyl (C=O) groups excluding carboxylic acids is 2. The van der Waals surface area contributed by atoms with E-state index in [0.29, 0.717) is 35.9 Å². The van der Waals surface area contributed by atoms with Crippen molar-refractivity contribution in [2.45, 2.75) is 39.0 Å². The summed E-state index contributed by atoms with van der Waals surface area (Å²) in [6, 6.07) is 14.3. The number of aromatic nitrogens is 3. The molecular weight excluding hydrogens is 406 g/mol. The van der Waals surface area contributed by atoms with Gasteiger partial charge in [-0.15, -0.1) is 0 Å². The molecule has 0 unspecified atom stereocenters. The average molecular weight is 436 g/mol. The minimum Gasteiger partial charge on any atom is -0.497 e. The molecule has 3 rings (SSSR count). The number of methoxy groups -OCH3 is 1. The molecule has 2 amide bonds. The largest absolute Gasteiger partial charge is 0.497 e. The highest BCUT2D eigenvalue weighted by Crippen LogP contribution is 2.25. The normalized spacial score (nSPS) is 11.1. The van der Waals surface area contributed by atoms with Crippen LogP contribution in [0.2, 0.25) is 0 Å². The summed E-state index contributed by atoms with van der Waals surface area (Å²) in [6.45, 7) is 6.59. The second kappa shape index (κ2) is 10.1. The van der Waals surface area contributed by atoms with Gasteiger partial charge in [-0.2, -0.15) is 9.78 Å². The van der Waals surface area contributed by atoms with Crippen molar-refractivity contribution in [2.24, 2.45) is 0 Å². The molecule has 3 aromatic rings. The lowest BCUT2D eigenvalue weighted by molar-refractivity contribution is -0.116. The molecule has 168 valence electrons. The summed E-state index contributed by atoms with van der Waals surface area (Å²) >= 11 is 0. The number of nitrogens with one attached hydrogen (secondary N) is 2. The van der Waals surface area contributed by atoms with Crippen LogP contribution >= 0.6 is 0 Å². The number of hydrogen-bond acceptors (Lipinski definition) is 5. The van der Waals surface area contributed by atoms with Crippen molar-refractivity contribution in [2.75, 3.05) is 19.0 Å². The van der Waals surface area contributed by atoms with E-state index in [1.54, 1.807) is 42.3 Å². The molecule has 0 saturated carbocycles. The number of benzene rings is 1. The first kappa shape index (κ1) is 23.0. The monoisotopic (exact) mass is 435 g/mol. The number of anilines is 1. The predicted molar refractivity (Wildman–Crippen MR) is 123 cm³/mol. The van der Waals surface area contributed by atoms with Crippen LogP contribution in [-0.2, 0) is 10.2 Å². The van der Waals surface area contributed by atoms with Gasteiger partial charge >= 0.3 is 0 Å². The van der Waals surface area contributed by atoms with E-state index in [4.69, 9.17) is 4.74 Å². The summed E-state index contributed by atoms with van der Waals surface area (Å²) in [5.74, 6) is 1.56. The Balaban J connectivity index is 1.56. The molecule has 0 radical (unpaired) electrons. The van der Waals surface area contributed by atoms with E-state index in [2.05, 4.69) is 41.5 Å². The maximum Gasteiger partial charge on any atom is 0.251 e. The molecule has 8 nitrogen and oxygen atoms in total. The van der Waals surface area contributed by atoms with Gasteiger partial charge < -0.3 is 15.4 Å². The first-order valence-corrected chi connectivity index (χ1v) is 10.5. The molecule has 0 aliphatic heterocycles. The van der Waals surface area contributed by atoms with E-state index in [9.17, 15) is 9.59 Å². The summed E-state index contributed by atoms with van der Waals surface area (Å²) < 4.78 is 6.74. The highest BCUT2D eigenvalue weighted by molar-refractivity contribution is 5.94. The Morgan fingerprint density at radius 3 is 2.47 bits per heavy atom. The van der Waals surface area contributed by atoms with E-state index in [1.165, 1.54) is 0 Å². The lowest BCUT2D eigenvalue weighted by Crippen LogP contribution is -2.25. The molecule has 32 heavy (non-hydrogen) atoms. The topological polar surface area (TPSA) is 98.1 Å². The standard InChI is InChI=1S/C24H29N5O3/c1-24(2,3)19-16-21(29(28-19)20-8-5-6-14-25-20)27-22(30)9-7-15-26-23(31)17-10-12-18(32-4)13-11-17/h5-6,8,10-14,16H,7,9,15H2,1-4H3,(H,26,31)(H,27,30). The Bertz CT molecular complexity index is 1050. The molecule has 0 fully saturated rings.